The highest BCUT2D eigenvalue weighted by Gasteiger charge is 2.26. The topological polar surface area (TPSA) is 92.6 Å². The Balaban J connectivity index is 1.68. The quantitative estimate of drug-likeness (QED) is 0.501. The van der Waals surface area contributed by atoms with Gasteiger partial charge in [-0.05, 0) is 45.0 Å². The van der Waals surface area contributed by atoms with Crippen LogP contribution in [0.3, 0.4) is 0 Å². The van der Waals surface area contributed by atoms with E-state index in [1.54, 1.807) is 26.2 Å². The van der Waals surface area contributed by atoms with Gasteiger partial charge in [0.25, 0.3) is 0 Å². The van der Waals surface area contributed by atoms with Crippen molar-refractivity contribution in [3.8, 4) is 11.5 Å². The lowest BCUT2D eigenvalue weighted by Crippen LogP contribution is -2.27. The Morgan fingerprint density at radius 2 is 2.03 bits per heavy atom. The van der Waals surface area contributed by atoms with Crippen LogP contribution < -0.4 is 4.90 Å². The Kier molecular flexibility index (Phi) is 6.90. The molecule has 0 radical (unpaired) electrons. The number of hydrogen-bond donors (Lipinski definition) is 1. The van der Waals surface area contributed by atoms with Crippen LogP contribution in [0.4, 0.5) is 5.69 Å². The molecule has 0 atom stereocenters. The standard InChI is InChI=1S/C23H27N3O4S/c1-15-19(25-21(29-15)18-14-24-11-10-20(18)26(4)5)13-17-9-8-16(30-17)7-6-12-31-23(2,3)22(27)28/h6-11,14H,12-13H2,1-5H3,(H,27,28)/b7-6+. The lowest BCUT2D eigenvalue weighted by atomic mass is 10.2. The lowest BCUT2D eigenvalue weighted by Gasteiger charge is -2.16. The number of furan rings is 1. The first kappa shape index (κ1) is 22.7. The number of aryl methyl sites for hydroxylation is 1. The van der Waals surface area contributed by atoms with Gasteiger partial charge in [0.2, 0.25) is 5.89 Å². The minimum atomic E-state index is -0.822. The highest BCUT2D eigenvalue weighted by molar-refractivity contribution is 8.01. The summed E-state index contributed by atoms with van der Waals surface area (Å²) in [6.45, 7) is 5.28. The average molecular weight is 442 g/mol. The number of nitrogens with zero attached hydrogens (tertiary/aromatic N) is 3. The molecule has 7 nitrogen and oxygen atoms in total. The van der Waals surface area contributed by atoms with Gasteiger partial charge < -0.3 is 18.8 Å². The minimum absolute atomic E-state index is 0.515. The summed E-state index contributed by atoms with van der Waals surface area (Å²) in [5, 5.41) is 9.16. The van der Waals surface area contributed by atoms with E-state index in [1.807, 2.05) is 56.3 Å². The van der Waals surface area contributed by atoms with Crippen molar-refractivity contribution in [1.82, 2.24) is 9.97 Å². The van der Waals surface area contributed by atoms with E-state index < -0.39 is 10.7 Å². The summed E-state index contributed by atoms with van der Waals surface area (Å²) in [5.74, 6) is 2.53. The van der Waals surface area contributed by atoms with Crippen molar-refractivity contribution >= 4 is 29.5 Å². The fourth-order valence-corrected chi connectivity index (χ4v) is 3.61. The molecule has 164 valence electrons. The maximum Gasteiger partial charge on any atom is 0.319 e. The van der Waals surface area contributed by atoms with Gasteiger partial charge >= 0.3 is 5.97 Å². The normalized spacial score (nSPS) is 11.9. The van der Waals surface area contributed by atoms with Crippen molar-refractivity contribution in [2.45, 2.75) is 31.9 Å². The molecular weight excluding hydrogens is 414 g/mol. The molecule has 0 saturated carbocycles. The van der Waals surface area contributed by atoms with Crippen LogP contribution in [-0.4, -0.2) is 45.6 Å². The van der Waals surface area contributed by atoms with Gasteiger partial charge in [0.15, 0.2) is 0 Å². The fourth-order valence-electron chi connectivity index (χ4n) is 2.88. The van der Waals surface area contributed by atoms with Crippen LogP contribution in [0.15, 0.2) is 45.5 Å². The molecule has 0 spiro atoms. The molecule has 0 aliphatic rings. The van der Waals surface area contributed by atoms with E-state index in [4.69, 9.17) is 13.9 Å². The summed E-state index contributed by atoms with van der Waals surface area (Å²) >= 11 is 1.36. The van der Waals surface area contributed by atoms with Gasteiger partial charge in [0, 0.05) is 32.2 Å². The number of aromatic nitrogens is 2. The number of thioether (sulfide) groups is 1. The molecule has 0 saturated heterocycles. The molecule has 0 aliphatic heterocycles. The third kappa shape index (κ3) is 5.58. The van der Waals surface area contributed by atoms with Gasteiger partial charge in [-0.3, -0.25) is 9.78 Å². The molecular formula is C23H27N3O4S. The largest absolute Gasteiger partial charge is 0.480 e. The molecule has 3 heterocycles. The summed E-state index contributed by atoms with van der Waals surface area (Å²) in [7, 11) is 3.93. The number of pyridine rings is 1. The minimum Gasteiger partial charge on any atom is -0.480 e. The molecule has 8 heteroatoms. The van der Waals surface area contributed by atoms with E-state index in [2.05, 4.69) is 9.97 Å². The molecule has 3 rings (SSSR count). The number of hydrogen-bond acceptors (Lipinski definition) is 7. The second-order valence-corrected chi connectivity index (χ2v) is 9.46. The molecule has 0 bridgehead atoms. The molecule has 0 unspecified atom stereocenters. The Morgan fingerprint density at radius 3 is 2.74 bits per heavy atom. The lowest BCUT2D eigenvalue weighted by molar-refractivity contribution is -0.138. The first-order chi connectivity index (χ1) is 14.7. The Morgan fingerprint density at radius 1 is 1.26 bits per heavy atom. The number of oxazole rings is 1. The Bertz CT molecular complexity index is 1080. The number of rotatable bonds is 9. The molecule has 3 aromatic rings. The van der Waals surface area contributed by atoms with Gasteiger partial charge in [-0.25, -0.2) is 4.98 Å². The fraction of sp³-hybridized carbons (Fsp3) is 0.348. The van der Waals surface area contributed by atoms with Gasteiger partial charge in [0.05, 0.1) is 23.4 Å². The van der Waals surface area contributed by atoms with Gasteiger partial charge in [-0.2, -0.15) is 0 Å². The van der Waals surface area contributed by atoms with Crippen LogP contribution in [0.5, 0.6) is 0 Å². The van der Waals surface area contributed by atoms with Crippen molar-refractivity contribution in [3.05, 3.63) is 59.6 Å². The molecule has 3 aromatic heterocycles. The number of carboxylic acids is 1. The molecule has 31 heavy (non-hydrogen) atoms. The zero-order chi connectivity index (χ0) is 22.6. The van der Waals surface area contributed by atoms with E-state index in [9.17, 15) is 4.79 Å². The Labute approximate surface area is 186 Å². The summed E-state index contributed by atoms with van der Waals surface area (Å²) in [5.41, 5.74) is 2.64. The summed E-state index contributed by atoms with van der Waals surface area (Å²) < 4.78 is 11.0. The monoisotopic (exact) mass is 441 g/mol. The summed E-state index contributed by atoms with van der Waals surface area (Å²) in [4.78, 5) is 22.0. The van der Waals surface area contributed by atoms with Crippen LogP contribution >= 0.6 is 11.8 Å². The van der Waals surface area contributed by atoms with Crippen LogP contribution in [0.25, 0.3) is 17.5 Å². The summed E-state index contributed by atoms with van der Waals surface area (Å²) in [6.07, 6.45) is 7.77. The van der Waals surface area contributed by atoms with Gasteiger partial charge in [0.1, 0.15) is 22.0 Å². The zero-order valence-corrected chi connectivity index (χ0v) is 19.2. The third-order valence-corrected chi connectivity index (χ3v) is 6.02. The third-order valence-electron chi connectivity index (χ3n) is 4.76. The highest BCUT2D eigenvalue weighted by Crippen LogP contribution is 2.30. The van der Waals surface area contributed by atoms with E-state index in [0.717, 1.165) is 28.5 Å². The van der Waals surface area contributed by atoms with Crippen LogP contribution in [0, 0.1) is 6.92 Å². The van der Waals surface area contributed by atoms with Crippen molar-refractivity contribution in [2.24, 2.45) is 0 Å². The number of anilines is 1. The SMILES string of the molecule is Cc1oc(-c2cnccc2N(C)C)nc1Cc1ccc(/C=C/CSC(C)(C)C(=O)O)o1. The molecule has 1 N–H and O–H groups in total. The second kappa shape index (κ2) is 9.43. The van der Waals surface area contributed by atoms with Crippen molar-refractivity contribution in [1.29, 1.82) is 0 Å². The molecule has 0 aromatic carbocycles. The first-order valence-corrected chi connectivity index (χ1v) is 10.9. The predicted molar refractivity (Wildman–Crippen MR) is 124 cm³/mol. The summed E-state index contributed by atoms with van der Waals surface area (Å²) in [6, 6.07) is 5.73. The smallest absolute Gasteiger partial charge is 0.319 e. The molecule has 0 aliphatic carbocycles. The number of aliphatic carboxylic acids is 1. The van der Waals surface area contributed by atoms with Crippen LogP contribution in [0.2, 0.25) is 0 Å². The molecule has 0 fully saturated rings. The highest BCUT2D eigenvalue weighted by atomic mass is 32.2. The first-order valence-electron chi connectivity index (χ1n) is 9.88. The average Bonchev–Trinajstić information content (AvgIpc) is 3.32. The van der Waals surface area contributed by atoms with E-state index in [1.165, 1.54) is 11.8 Å². The maximum absolute atomic E-state index is 11.2. The Hall–Kier alpha value is -3.00. The number of carboxylic acid groups (broad SMARTS) is 1. The number of carbonyl (C=O) groups is 1. The van der Waals surface area contributed by atoms with Crippen molar-refractivity contribution in [3.63, 3.8) is 0 Å². The van der Waals surface area contributed by atoms with Gasteiger partial charge in [-0.15, -0.1) is 11.8 Å². The zero-order valence-electron chi connectivity index (χ0n) is 18.4. The maximum atomic E-state index is 11.2. The van der Waals surface area contributed by atoms with E-state index in [-0.39, 0.29) is 0 Å². The predicted octanol–water partition coefficient (Wildman–Crippen LogP) is 4.90. The van der Waals surface area contributed by atoms with Crippen molar-refractivity contribution < 1.29 is 18.7 Å². The van der Waals surface area contributed by atoms with Gasteiger partial charge in [-0.1, -0.05) is 6.08 Å². The van der Waals surface area contributed by atoms with E-state index >= 15 is 0 Å². The van der Waals surface area contributed by atoms with E-state index in [0.29, 0.717) is 23.8 Å². The molecule has 0 amide bonds. The van der Waals surface area contributed by atoms with Crippen LogP contribution in [-0.2, 0) is 11.2 Å². The van der Waals surface area contributed by atoms with Crippen LogP contribution in [0.1, 0.15) is 36.8 Å². The second-order valence-electron chi connectivity index (χ2n) is 7.82. The van der Waals surface area contributed by atoms with Crippen molar-refractivity contribution in [2.75, 3.05) is 24.7 Å².